The van der Waals surface area contributed by atoms with Crippen LogP contribution in [0.4, 0.5) is 0 Å². The van der Waals surface area contributed by atoms with Crippen molar-refractivity contribution in [1.29, 1.82) is 0 Å². The van der Waals surface area contributed by atoms with Crippen LogP contribution in [0.3, 0.4) is 0 Å². The fourth-order valence-corrected chi connectivity index (χ4v) is 2.73. The third-order valence-corrected chi connectivity index (χ3v) is 3.67. The summed E-state index contributed by atoms with van der Waals surface area (Å²) < 4.78 is 5.30. The standard InChI is InChI=1S/C17H21NO3/c1-3-11-21-16-8-6-14(7-9-16)17(20)18-10-4-5-15(18)12-13(2)19/h1,6-9,13,15,19H,4-5,10-12H2,2H3. The van der Waals surface area contributed by atoms with Crippen molar-refractivity contribution in [3.63, 3.8) is 0 Å². The van der Waals surface area contributed by atoms with Gasteiger partial charge in [0.05, 0.1) is 6.10 Å². The zero-order chi connectivity index (χ0) is 15.2. The van der Waals surface area contributed by atoms with Gasteiger partial charge in [-0.1, -0.05) is 5.92 Å². The number of benzene rings is 1. The van der Waals surface area contributed by atoms with Gasteiger partial charge >= 0.3 is 0 Å². The topological polar surface area (TPSA) is 49.8 Å². The number of hydrogen-bond acceptors (Lipinski definition) is 3. The first-order valence-electron chi connectivity index (χ1n) is 7.27. The number of carbonyl (C=O) groups is 1. The summed E-state index contributed by atoms with van der Waals surface area (Å²) in [5, 5.41) is 9.53. The van der Waals surface area contributed by atoms with E-state index in [9.17, 15) is 9.90 Å². The quantitative estimate of drug-likeness (QED) is 0.844. The van der Waals surface area contributed by atoms with Crippen LogP contribution >= 0.6 is 0 Å². The minimum absolute atomic E-state index is 0.0154. The molecule has 0 saturated carbocycles. The molecular formula is C17H21NO3. The van der Waals surface area contributed by atoms with Crippen molar-refractivity contribution in [2.24, 2.45) is 0 Å². The summed E-state index contributed by atoms with van der Waals surface area (Å²) >= 11 is 0. The van der Waals surface area contributed by atoms with Crippen LogP contribution in [0.2, 0.25) is 0 Å². The fourth-order valence-electron chi connectivity index (χ4n) is 2.73. The Morgan fingerprint density at radius 3 is 2.86 bits per heavy atom. The SMILES string of the molecule is C#CCOc1ccc(C(=O)N2CCCC2CC(C)O)cc1. The van der Waals surface area contributed by atoms with Crippen LogP contribution in [-0.2, 0) is 0 Å². The number of aliphatic hydroxyl groups excluding tert-OH is 1. The van der Waals surface area contributed by atoms with Crippen molar-refractivity contribution in [3.05, 3.63) is 29.8 Å². The van der Waals surface area contributed by atoms with Crippen LogP contribution in [0, 0.1) is 12.3 Å². The van der Waals surface area contributed by atoms with Gasteiger partial charge in [-0.3, -0.25) is 4.79 Å². The lowest BCUT2D eigenvalue weighted by molar-refractivity contribution is 0.0682. The molecular weight excluding hydrogens is 266 g/mol. The van der Waals surface area contributed by atoms with Crippen molar-refractivity contribution < 1.29 is 14.6 Å². The second kappa shape index (κ2) is 7.14. The lowest BCUT2D eigenvalue weighted by Crippen LogP contribution is -2.37. The van der Waals surface area contributed by atoms with Crippen molar-refractivity contribution >= 4 is 5.91 Å². The first-order valence-corrected chi connectivity index (χ1v) is 7.27. The Labute approximate surface area is 125 Å². The molecule has 4 nitrogen and oxygen atoms in total. The number of amides is 1. The third kappa shape index (κ3) is 3.99. The van der Waals surface area contributed by atoms with Gasteiger partial charge in [0.1, 0.15) is 12.4 Å². The molecule has 1 N–H and O–H groups in total. The maximum atomic E-state index is 12.5. The number of aliphatic hydroxyl groups is 1. The molecule has 2 atom stereocenters. The van der Waals surface area contributed by atoms with E-state index in [0.717, 1.165) is 19.4 Å². The van der Waals surface area contributed by atoms with Gasteiger partial charge in [-0.15, -0.1) is 6.42 Å². The van der Waals surface area contributed by atoms with E-state index in [0.29, 0.717) is 17.7 Å². The van der Waals surface area contributed by atoms with Gasteiger partial charge < -0.3 is 14.7 Å². The Morgan fingerprint density at radius 2 is 2.24 bits per heavy atom. The highest BCUT2D eigenvalue weighted by atomic mass is 16.5. The highest BCUT2D eigenvalue weighted by Gasteiger charge is 2.30. The Hall–Kier alpha value is -1.99. The van der Waals surface area contributed by atoms with Crippen LogP contribution < -0.4 is 4.74 Å². The van der Waals surface area contributed by atoms with Gasteiger partial charge in [-0.05, 0) is 50.5 Å². The molecule has 0 radical (unpaired) electrons. The maximum Gasteiger partial charge on any atom is 0.254 e. The van der Waals surface area contributed by atoms with Crippen molar-refractivity contribution in [2.75, 3.05) is 13.2 Å². The summed E-state index contributed by atoms with van der Waals surface area (Å²) in [7, 11) is 0. The van der Waals surface area contributed by atoms with Crippen LogP contribution in [0.25, 0.3) is 0 Å². The molecule has 0 aromatic heterocycles. The fraction of sp³-hybridized carbons (Fsp3) is 0.471. The normalized spacial score (nSPS) is 19.1. The molecule has 1 aromatic rings. The lowest BCUT2D eigenvalue weighted by Gasteiger charge is -2.25. The van der Waals surface area contributed by atoms with E-state index in [1.165, 1.54) is 0 Å². The number of terminal acetylenes is 1. The van der Waals surface area contributed by atoms with Gasteiger partial charge in [0, 0.05) is 18.2 Å². The average molecular weight is 287 g/mol. The zero-order valence-corrected chi connectivity index (χ0v) is 12.3. The summed E-state index contributed by atoms with van der Waals surface area (Å²) in [6.45, 7) is 2.74. The minimum Gasteiger partial charge on any atom is -0.481 e. The number of rotatable bonds is 5. The van der Waals surface area contributed by atoms with Gasteiger partial charge in [0.2, 0.25) is 0 Å². The highest BCUT2D eigenvalue weighted by molar-refractivity contribution is 5.94. The molecule has 1 heterocycles. The Bertz CT molecular complexity index is 516. The van der Waals surface area contributed by atoms with E-state index in [4.69, 9.17) is 11.2 Å². The summed E-state index contributed by atoms with van der Waals surface area (Å²) in [6.07, 6.45) is 7.33. The lowest BCUT2D eigenvalue weighted by atomic mass is 10.1. The molecule has 1 aliphatic rings. The number of carbonyl (C=O) groups excluding carboxylic acids is 1. The molecule has 1 aliphatic heterocycles. The maximum absolute atomic E-state index is 12.5. The second-order valence-electron chi connectivity index (χ2n) is 5.40. The largest absolute Gasteiger partial charge is 0.481 e. The van der Waals surface area contributed by atoms with Gasteiger partial charge in [0.25, 0.3) is 5.91 Å². The van der Waals surface area contributed by atoms with Gasteiger partial charge in [-0.25, -0.2) is 0 Å². The molecule has 21 heavy (non-hydrogen) atoms. The molecule has 1 fully saturated rings. The van der Waals surface area contributed by atoms with Crippen LogP contribution in [0.1, 0.15) is 36.5 Å². The molecule has 0 bridgehead atoms. The number of nitrogens with zero attached hydrogens (tertiary/aromatic N) is 1. The number of ether oxygens (including phenoxy) is 1. The van der Waals surface area contributed by atoms with Crippen LogP contribution in [-0.4, -0.2) is 41.2 Å². The highest BCUT2D eigenvalue weighted by Crippen LogP contribution is 2.24. The van der Waals surface area contributed by atoms with Gasteiger partial charge in [0.15, 0.2) is 0 Å². The molecule has 2 unspecified atom stereocenters. The van der Waals surface area contributed by atoms with Gasteiger partial charge in [-0.2, -0.15) is 0 Å². The first kappa shape index (κ1) is 15.4. The molecule has 4 heteroatoms. The number of hydrogen-bond donors (Lipinski definition) is 1. The molecule has 2 rings (SSSR count). The molecule has 1 saturated heterocycles. The average Bonchev–Trinajstić information content (AvgIpc) is 2.92. The molecule has 1 amide bonds. The van der Waals surface area contributed by atoms with Crippen molar-refractivity contribution in [3.8, 4) is 18.1 Å². The summed E-state index contributed by atoms with van der Waals surface area (Å²) in [5.74, 6) is 3.08. The Morgan fingerprint density at radius 1 is 1.52 bits per heavy atom. The monoisotopic (exact) mass is 287 g/mol. The smallest absolute Gasteiger partial charge is 0.254 e. The zero-order valence-electron chi connectivity index (χ0n) is 12.3. The third-order valence-electron chi connectivity index (χ3n) is 3.67. The Kier molecular flexibility index (Phi) is 5.24. The minimum atomic E-state index is -0.386. The summed E-state index contributed by atoms with van der Waals surface area (Å²) in [5.41, 5.74) is 0.639. The Balaban J connectivity index is 2.03. The van der Waals surface area contributed by atoms with E-state index >= 15 is 0 Å². The predicted octanol–water partition coefficient (Wildman–Crippen LogP) is 2.07. The van der Waals surface area contributed by atoms with E-state index in [1.807, 2.05) is 4.90 Å². The molecule has 1 aromatic carbocycles. The first-order chi connectivity index (χ1) is 10.1. The summed E-state index contributed by atoms with van der Waals surface area (Å²) in [4.78, 5) is 14.4. The molecule has 0 aliphatic carbocycles. The van der Waals surface area contributed by atoms with Crippen LogP contribution in [0.15, 0.2) is 24.3 Å². The number of likely N-dealkylation sites (tertiary alicyclic amines) is 1. The molecule has 112 valence electrons. The predicted molar refractivity (Wildman–Crippen MR) is 81.1 cm³/mol. The second-order valence-corrected chi connectivity index (χ2v) is 5.40. The van der Waals surface area contributed by atoms with E-state index in [-0.39, 0.29) is 24.7 Å². The molecule has 0 spiro atoms. The van der Waals surface area contributed by atoms with E-state index in [1.54, 1.807) is 31.2 Å². The van der Waals surface area contributed by atoms with Crippen molar-refractivity contribution in [2.45, 2.75) is 38.3 Å². The van der Waals surface area contributed by atoms with E-state index in [2.05, 4.69) is 5.92 Å². The van der Waals surface area contributed by atoms with Crippen molar-refractivity contribution in [1.82, 2.24) is 4.90 Å². The van der Waals surface area contributed by atoms with Crippen LogP contribution in [0.5, 0.6) is 5.75 Å². The summed E-state index contributed by atoms with van der Waals surface area (Å²) in [6, 6.07) is 7.15. The van der Waals surface area contributed by atoms with E-state index < -0.39 is 0 Å².